The highest BCUT2D eigenvalue weighted by Crippen LogP contribution is 2.26. The molecule has 2 heterocycles. The molecule has 29 heavy (non-hydrogen) atoms. The largest absolute Gasteiger partial charge is 0.274 e. The van der Waals surface area contributed by atoms with Gasteiger partial charge in [0.25, 0.3) is 0 Å². The molecule has 0 amide bonds. The van der Waals surface area contributed by atoms with Crippen molar-refractivity contribution in [3.8, 4) is 5.69 Å². The van der Waals surface area contributed by atoms with Gasteiger partial charge in [0.2, 0.25) is 0 Å². The molecule has 0 saturated carbocycles. The standard InChI is InChI=1S/C20H20FN7S/c1-2-12-27-19(23-25-26-27)14-29-20-24-22-18(13-15-6-4-3-5-7-15)28(20)17-10-8-16(21)9-11-17/h3-11H,2,12-14H2,1H3. The van der Waals surface area contributed by atoms with Crippen LogP contribution in [0.5, 0.6) is 0 Å². The number of thioether (sulfide) groups is 1. The number of benzene rings is 2. The molecule has 0 unspecified atom stereocenters. The molecule has 0 bridgehead atoms. The average molecular weight is 409 g/mol. The lowest BCUT2D eigenvalue weighted by Crippen LogP contribution is -2.06. The molecule has 2 aromatic carbocycles. The van der Waals surface area contributed by atoms with Crippen LogP contribution in [-0.2, 0) is 18.7 Å². The maximum absolute atomic E-state index is 13.5. The lowest BCUT2D eigenvalue weighted by Gasteiger charge is -2.10. The van der Waals surface area contributed by atoms with Crippen LogP contribution in [0.25, 0.3) is 5.69 Å². The van der Waals surface area contributed by atoms with Crippen LogP contribution < -0.4 is 0 Å². The molecule has 0 N–H and O–H groups in total. The third-order valence-corrected chi connectivity index (χ3v) is 5.29. The summed E-state index contributed by atoms with van der Waals surface area (Å²) in [7, 11) is 0. The van der Waals surface area contributed by atoms with Gasteiger partial charge in [0.15, 0.2) is 11.0 Å². The molecule has 9 heteroatoms. The highest BCUT2D eigenvalue weighted by Gasteiger charge is 2.17. The van der Waals surface area contributed by atoms with Crippen LogP contribution in [0.3, 0.4) is 0 Å². The van der Waals surface area contributed by atoms with Crippen molar-refractivity contribution in [2.75, 3.05) is 0 Å². The van der Waals surface area contributed by atoms with E-state index in [2.05, 4.69) is 44.8 Å². The van der Waals surface area contributed by atoms with Crippen molar-refractivity contribution in [1.29, 1.82) is 0 Å². The number of halogens is 1. The van der Waals surface area contributed by atoms with Gasteiger partial charge in [-0.05, 0) is 46.7 Å². The number of tetrazole rings is 1. The molecule has 0 atom stereocenters. The third-order valence-electron chi connectivity index (χ3n) is 4.36. The Morgan fingerprint density at radius 2 is 1.72 bits per heavy atom. The fraction of sp³-hybridized carbons (Fsp3) is 0.250. The molecule has 0 spiro atoms. The van der Waals surface area contributed by atoms with E-state index in [4.69, 9.17) is 0 Å². The summed E-state index contributed by atoms with van der Waals surface area (Å²) in [5.41, 5.74) is 1.95. The monoisotopic (exact) mass is 409 g/mol. The van der Waals surface area contributed by atoms with Crippen LogP contribution in [0.4, 0.5) is 4.39 Å². The van der Waals surface area contributed by atoms with Gasteiger partial charge in [0.05, 0.1) is 5.75 Å². The van der Waals surface area contributed by atoms with Gasteiger partial charge < -0.3 is 0 Å². The first-order valence-corrected chi connectivity index (χ1v) is 10.3. The zero-order valence-corrected chi connectivity index (χ0v) is 16.8. The minimum absolute atomic E-state index is 0.278. The molecule has 148 valence electrons. The van der Waals surface area contributed by atoms with Crippen molar-refractivity contribution in [3.05, 3.63) is 77.6 Å². The van der Waals surface area contributed by atoms with Gasteiger partial charge in [0.1, 0.15) is 11.6 Å². The third kappa shape index (κ3) is 4.51. The Hall–Kier alpha value is -3.07. The summed E-state index contributed by atoms with van der Waals surface area (Å²) in [5.74, 6) is 1.87. The molecular weight excluding hydrogens is 389 g/mol. The molecule has 0 radical (unpaired) electrons. The summed E-state index contributed by atoms with van der Waals surface area (Å²) in [4.78, 5) is 0. The van der Waals surface area contributed by atoms with E-state index in [9.17, 15) is 4.39 Å². The second-order valence-corrected chi connectivity index (χ2v) is 7.42. The van der Waals surface area contributed by atoms with E-state index in [0.29, 0.717) is 17.3 Å². The number of aryl methyl sites for hydroxylation is 1. The molecule has 0 aliphatic carbocycles. The van der Waals surface area contributed by atoms with Gasteiger partial charge in [-0.2, -0.15) is 0 Å². The Kier molecular flexibility index (Phi) is 5.95. The molecule has 4 rings (SSSR count). The smallest absolute Gasteiger partial charge is 0.196 e. The Morgan fingerprint density at radius 3 is 2.48 bits per heavy atom. The topological polar surface area (TPSA) is 74.3 Å². The minimum Gasteiger partial charge on any atom is -0.274 e. The molecule has 0 saturated heterocycles. The Labute approximate surface area is 172 Å². The lowest BCUT2D eigenvalue weighted by atomic mass is 10.1. The molecule has 7 nitrogen and oxygen atoms in total. The van der Waals surface area contributed by atoms with Crippen LogP contribution in [0.2, 0.25) is 0 Å². The second-order valence-electron chi connectivity index (χ2n) is 6.48. The number of hydrogen-bond acceptors (Lipinski definition) is 6. The first-order chi connectivity index (χ1) is 14.2. The molecule has 0 aliphatic heterocycles. The van der Waals surface area contributed by atoms with E-state index < -0.39 is 0 Å². The zero-order valence-electron chi connectivity index (χ0n) is 15.9. The van der Waals surface area contributed by atoms with Crippen molar-refractivity contribution in [2.24, 2.45) is 0 Å². The van der Waals surface area contributed by atoms with Gasteiger partial charge in [0, 0.05) is 18.7 Å². The van der Waals surface area contributed by atoms with Gasteiger partial charge in [-0.1, -0.05) is 49.0 Å². The summed E-state index contributed by atoms with van der Waals surface area (Å²) < 4.78 is 17.2. The van der Waals surface area contributed by atoms with Crippen LogP contribution in [-0.4, -0.2) is 35.0 Å². The molecule has 4 aromatic rings. The SMILES string of the molecule is CCCn1nnnc1CSc1nnc(Cc2ccccc2)n1-c1ccc(F)cc1. The van der Waals surface area contributed by atoms with Crippen molar-refractivity contribution in [2.45, 2.75) is 37.2 Å². The minimum atomic E-state index is -0.278. The van der Waals surface area contributed by atoms with Gasteiger partial charge >= 0.3 is 0 Å². The zero-order chi connectivity index (χ0) is 20.1. The molecule has 2 aromatic heterocycles. The van der Waals surface area contributed by atoms with Crippen LogP contribution in [0.15, 0.2) is 59.8 Å². The quantitative estimate of drug-likeness (QED) is 0.413. The Bertz CT molecular complexity index is 1060. The summed E-state index contributed by atoms with van der Waals surface area (Å²) in [6.07, 6.45) is 1.58. The predicted octanol–water partition coefficient (Wildman–Crippen LogP) is 3.69. The number of hydrogen-bond donors (Lipinski definition) is 0. The van der Waals surface area contributed by atoms with E-state index in [1.165, 1.54) is 23.9 Å². The van der Waals surface area contributed by atoms with Crippen molar-refractivity contribution in [1.82, 2.24) is 35.0 Å². The fourth-order valence-corrected chi connectivity index (χ4v) is 3.88. The van der Waals surface area contributed by atoms with Crippen LogP contribution in [0.1, 0.15) is 30.6 Å². The molecular formula is C20H20FN7S. The predicted molar refractivity (Wildman–Crippen MR) is 108 cm³/mol. The molecule has 0 aliphatic rings. The maximum atomic E-state index is 13.5. The van der Waals surface area contributed by atoms with Crippen molar-refractivity contribution >= 4 is 11.8 Å². The number of rotatable bonds is 8. The highest BCUT2D eigenvalue weighted by atomic mass is 32.2. The van der Waals surface area contributed by atoms with Crippen LogP contribution >= 0.6 is 11.8 Å². The number of aromatic nitrogens is 7. The summed E-state index contributed by atoms with van der Waals surface area (Å²) in [6, 6.07) is 16.4. The van der Waals surface area contributed by atoms with E-state index in [-0.39, 0.29) is 5.82 Å². The van der Waals surface area contributed by atoms with Gasteiger partial charge in [-0.15, -0.1) is 15.3 Å². The second kappa shape index (κ2) is 8.95. The summed E-state index contributed by atoms with van der Waals surface area (Å²) in [6.45, 7) is 2.85. The van der Waals surface area contributed by atoms with Gasteiger partial charge in [-0.25, -0.2) is 9.07 Å². The summed E-state index contributed by atoms with van der Waals surface area (Å²) in [5, 5.41) is 21.4. The van der Waals surface area contributed by atoms with E-state index in [0.717, 1.165) is 35.9 Å². The van der Waals surface area contributed by atoms with Crippen LogP contribution in [0, 0.1) is 5.82 Å². The highest BCUT2D eigenvalue weighted by molar-refractivity contribution is 7.98. The summed E-state index contributed by atoms with van der Waals surface area (Å²) >= 11 is 1.51. The van der Waals surface area contributed by atoms with Crippen molar-refractivity contribution in [3.63, 3.8) is 0 Å². The Morgan fingerprint density at radius 1 is 0.931 bits per heavy atom. The van der Waals surface area contributed by atoms with Crippen molar-refractivity contribution < 1.29 is 4.39 Å². The van der Waals surface area contributed by atoms with Gasteiger partial charge in [-0.3, -0.25) is 4.57 Å². The fourth-order valence-electron chi connectivity index (χ4n) is 2.98. The molecule has 0 fully saturated rings. The first kappa shape index (κ1) is 19.3. The number of nitrogens with zero attached hydrogens (tertiary/aromatic N) is 7. The Balaban J connectivity index is 1.64. The maximum Gasteiger partial charge on any atom is 0.196 e. The van der Waals surface area contributed by atoms with E-state index in [1.807, 2.05) is 22.8 Å². The van der Waals surface area contributed by atoms with E-state index >= 15 is 0 Å². The normalized spacial score (nSPS) is 11.1. The van der Waals surface area contributed by atoms with E-state index in [1.54, 1.807) is 16.8 Å². The average Bonchev–Trinajstić information content (AvgIpc) is 3.35. The first-order valence-electron chi connectivity index (χ1n) is 9.36. The lowest BCUT2D eigenvalue weighted by molar-refractivity contribution is 0.564.